The summed E-state index contributed by atoms with van der Waals surface area (Å²) in [6, 6.07) is 9.01. The van der Waals surface area contributed by atoms with Gasteiger partial charge in [0, 0.05) is 17.1 Å². The Bertz CT molecular complexity index is 1270. The van der Waals surface area contributed by atoms with Crippen molar-refractivity contribution in [2.45, 2.75) is 13.3 Å². The van der Waals surface area contributed by atoms with Gasteiger partial charge in [0.25, 0.3) is 5.91 Å². The third-order valence-electron chi connectivity index (χ3n) is 5.08. The molecule has 0 fully saturated rings. The van der Waals surface area contributed by atoms with Crippen molar-refractivity contribution in [2.24, 2.45) is 0 Å². The fraction of sp³-hybridized carbons (Fsp3) is 0.320. The zero-order valence-corrected chi connectivity index (χ0v) is 20.3. The van der Waals surface area contributed by atoms with Crippen LogP contribution in [0.1, 0.15) is 39.8 Å². The molecular formula is C25H27ClN2O6. The number of halogens is 1. The van der Waals surface area contributed by atoms with E-state index in [0.29, 0.717) is 36.1 Å². The Hall–Kier alpha value is -3.36. The van der Waals surface area contributed by atoms with E-state index < -0.39 is 17.1 Å². The van der Waals surface area contributed by atoms with Crippen LogP contribution in [0, 0.1) is 0 Å². The summed E-state index contributed by atoms with van der Waals surface area (Å²) in [6.07, 6.45) is 0.686. The summed E-state index contributed by atoms with van der Waals surface area (Å²) in [5.74, 6) is -0.875. The molecule has 34 heavy (non-hydrogen) atoms. The number of fused-ring (bicyclic) bond motifs is 1. The fourth-order valence-corrected chi connectivity index (χ4v) is 3.61. The van der Waals surface area contributed by atoms with E-state index >= 15 is 0 Å². The fourth-order valence-electron chi connectivity index (χ4n) is 3.44. The number of amides is 1. The highest BCUT2D eigenvalue weighted by Gasteiger charge is 2.27. The highest BCUT2D eigenvalue weighted by Crippen LogP contribution is 2.29. The van der Waals surface area contributed by atoms with Crippen molar-refractivity contribution in [3.63, 3.8) is 0 Å². The number of nitrogens with zero attached hydrogens (tertiary/aromatic N) is 1. The second kappa shape index (κ2) is 11.2. The van der Waals surface area contributed by atoms with Gasteiger partial charge in [0.1, 0.15) is 11.1 Å². The van der Waals surface area contributed by atoms with E-state index in [1.165, 1.54) is 31.4 Å². The minimum absolute atomic E-state index is 0.109. The molecule has 0 aliphatic carbocycles. The van der Waals surface area contributed by atoms with Crippen molar-refractivity contribution in [2.75, 3.05) is 40.9 Å². The minimum Gasteiger partial charge on any atom is -0.493 e. The number of hydrogen-bond donors (Lipinski definition) is 1. The Morgan fingerprint density at radius 2 is 1.88 bits per heavy atom. The van der Waals surface area contributed by atoms with Gasteiger partial charge in [-0.2, -0.15) is 0 Å². The number of nitrogens with one attached hydrogen (secondary N) is 1. The monoisotopic (exact) mass is 486 g/mol. The summed E-state index contributed by atoms with van der Waals surface area (Å²) in [5.41, 5.74) is -0.699. The predicted octanol–water partition coefficient (Wildman–Crippen LogP) is 3.77. The van der Waals surface area contributed by atoms with Gasteiger partial charge in [-0.15, -0.1) is 0 Å². The van der Waals surface area contributed by atoms with Crippen LogP contribution in [-0.2, 0) is 0 Å². The van der Waals surface area contributed by atoms with Gasteiger partial charge in [-0.3, -0.25) is 14.4 Å². The van der Waals surface area contributed by atoms with Crippen molar-refractivity contribution in [1.82, 2.24) is 10.2 Å². The summed E-state index contributed by atoms with van der Waals surface area (Å²) >= 11 is 6.06. The SMILES string of the molecule is CCOc1ccc(C(=O)c2c(C(=O)NCCCN(C)C)oc3ccc(Cl)cc3c2=O)cc1OC. The lowest BCUT2D eigenvalue weighted by Crippen LogP contribution is -2.31. The molecule has 0 bridgehead atoms. The molecule has 9 heteroatoms. The number of hydrogen-bond acceptors (Lipinski definition) is 7. The van der Waals surface area contributed by atoms with E-state index in [1.54, 1.807) is 12.1 Å². The highest BCUT2D eigenvalue weighted by atomic mass is 35.5. The summed E-state index contributed by atoms with van der Waals surface area (Å²) in [6.45, 7) is 3.35. The number of ketones is 1. The van der Waals surface area contributed by atoms with E-state index in [-0.39, 0.29) is 27.9 Å². The molecular weight excluding hydrogens is 460 g/mol. The third-order valence-corrected chi connectivity index (χ3v) is 5.31. The molecule has 1 aromatic heterocycles. The molecule has 0 unspecified atom stereocenters. The lowest BCUT2D eigenvalue weighted by atomic mass is 9.99. The molecule has 180 valence electrons. The van der Waals surface area contributed by atoms with Crippen molar-refractivity contribution in [3.05, 3.63) is 68.5 Å². The van der Waals surface area contributed by atoms with Gasteiger partial charge in [0.15, 0.2) is 11.5 Å². The van der Waals surface area contributed by atoms with Crippen molar-refractivity contribution < 1.29 is 23.5 Å². The zero-order valence-electron chi connectivity index (χ0n) is 19.6. The molecule has 3 aromatic rings. The largest absolute Gasteiger partial charge is 0.493 e. The first kappa shape index (κ1) is 25.3. The zero-order chi connectivity index (χ0) is 24.8. The summed E-state index contributed by atoms with van der Waals surface area (Å²) in [5, 5.41) is 3.15. The maximum absolute atomic E-state index is 13.5. The van der Waals surface area contributed by atoms with Gasteiger partial charge >= 0.3 is 0 Å². The third kappa shape index (κ3) is 5.58. The minimum atomic E-state index is -0.671. The summed E-state index contributed by atoms with van der Waals surface area (Å²) < 4.78 is 16.6. The summed E-state index contributed by atoms with van der Waals surface area (Å²) in [7, 11) is 5.31. The molecule has 0 saturated carbocycles. The maximum atomic E-state index is 13.5. The Labute approximate surface area is 202 Å². The van der Waals surface area contributed by atoms with Crippen LogP contribution in [-0.4, -0.2) is 57.5 Å². The standard InChI is InChI=1S/C25H27ClN2O6/c1-5-33-19-9-7-15(13-20(19)32-4)22(29)21-23(30)17-14-16(26)8-10-18(17)34-24(21)25(31)27-11-6-12-28(2)3/h7-10,13-14H,5-6,11-12H2,1-4H3,(H,27,31). The molecule has 1 heterocycles. The predicted molar refractivity (Wildman–Crippen MR) is 131 cm³/mol. The Kier molecular flexibility index (Phi) is 8.31. The first-order valence-electron chi connectivity index (χ1n) is 10.8. The molecule has 0 atom stereocenters. The topological polar surface area (TPSA) is 98.1 Å². The smallest absolute Gasteiger partial charge is 0.287 e. The van der Waals surface area contributed by atoms with Gasteiger partial charge in [-0.05, 0) is 70.4 Å². The molecule has 1 N–H and O–H groups in total. The average molecular weight is 487 g/mol. The highest BCUT2D eigenvalue weighted by molar-refractivity contribution is 6.31. The van der Waals surface area contributed by atoms with Gasteiger partial charge in [0.2, 0.25) is 17.0 Å². The number of ether oxygens (including phenoxy) is 2. The number of carbonyl (C=O) groups is 2. The number of methoxy groups -OCH3 is 1. The van der Waals surface area contributed by atoms with Crippen molar-refractivity contribution in [1.29, 1.82) is 0 Å². The Morgan fingerprint density at radius 1 is 1.12 bits per heavy atom. The molecule has 3 rings (SSSR count). The molecule has 0 saturated heterocycles. The van der Waals surface area contributed by atoms with E-state index in [4.69, 9.17) is 25.5 Å². The van der Waals surface area contributed by atoms with Crippen LogP contribution in [0.15, 0.2) is 45.6 Å². The van der Waals surface area contributed by atoms with Crippen molar-refractivity contribution in [3.8, 4) is 11.5 Å². The molecule has 2 aromatic carbocycles. The van der Waals surface area contributed by atoms with Gasteiger partial charge in [0.05, 0.1) is 19.1 Å². The van der Waals surface area contributed by atoms with Crippen LogP contribution < -0.4 is 20.2 Å². The number of carbonyl (C=O) groups excluding carboxylic acids is 2. The normalized spacial score (nSPS) is 11.0. The van der Waals surface area contributed by atoms with Crippen LogP contribution >= 0.6 is 11.6 Å². The average Bonchev–Trinajstić information content (AvgIpc) is 2.81. The molecule has 0 aliphatic rings. The first-order valence-corrected chi connectivity index (χ1v) is 11.2. The summed E-state index contributed by atoms with van der Waals surface area (Å²) in [4.78, 5) is 41.9. The van der Waals surface area contributed by atoms with Crippen LogP contribution in [0.3, 0.4) is 0 Å². The van der Waals surface area contributed by atoms with Gasteiger partial charge < -0.3 is 24.1 Å². The van der Waals surface area contributed by atoms with E-state index in [9.17, 15) is 14.4 Å². The molecule has 0 aliphatic heterocycles. The van der Waals surface area contributed by atoms with Gasteiger partial charge in [-0.1, -0.05) is 11.6 Å². The van der Waals surface area contributed by atoms with Crippen LogP contribution in [0.25, 0.3) is 11.0 Å². The molecule has 0 radical (unpaired) electrons. The van der Waals surface area contributed by atoms with Crippen molar-refractivity contribution >= 4 is 34.3 Å². The van der Waals surface area contributed by atoms with E-state index in [0.717, 1.165) is 6.54 Å². The number of benzene rings is 2. The molecule has 8 nitrogen and oxygen atoms in total. The quantitative estimate of drug-likeness (QED) is 0.344. The lowest BCUT2D eigenvalue weighted by molar-refractivity contribution is 0.0912. The molecule has 1 amide bonds. The molecule has 0 spiro atoms. The Balaban J connectivity index is 2.09. The second-order valence-corrected chi connectivity index (χ2v) is 8.25. The van der Waals surface area contributed by atoms with E-state index in [1.807, 2.05) is 25.9 Å². The Morgan fingerprint density at radius 3 is 2.56 bits per heavy atom. The number of rotatable bonds is 10. The lowest BCUT2D eigenvalue weighted by Gasteiger charge is -2.13. The second-order valence-electron chi connectivity index (χ2n) is 7.82. The van der Waals surface area contributed by atoms with Gasteiger partial charge in [-0.25, -0.2) is 0 Å². The first-order chi connectivity index (χ1) is 16.3. The van der Waals surface area contributed by atoms with E-state index in [2.05, 4.69) is 5.32 Å². The van der Waals surface area contributed by atoms with Crippen LogP contribution in [0.2, 0.25) is 5.02 Å². The maximum Gasteiger partial charge on any atom is 0.287 e. The van der Waals surface area contributed by atoms with Crippen LogP contribution in [0.4, 0.5) is 0 Å². The van der Waals surface area contributed by atoms with Crippen LogP contribution in [0.5, 0.6) is 11.5 Å².